The number of nitro benzene ring substituents is 1. The fourth-order valence-electron chi connectivity index (χ4n) is 3.71. The topological polar surface area (TPSA) is 102 Å². The van der Waals surface area contributed by atoms with Crippen LogP contribution in [0.5, 0.6) is 0 Å². The van der Waals surface area contributed by atoms with Crippen LogP contribution in [0.15, 0.2) is 0 Å². The lowest BCUT2D eigenvalue weighted by Crippen LogP contribution is -2.31. The van der Waals surface area contributed by atoms with Crippen LogP contribution in [-0.2, 0) is 14.3 Å². The molecule has 1 aromatic carbocycles. The molecule has 8 nitrogen and oxygen atoms in total. The third-order valence-corrected chi connectivity index (χ3v) is 5.22. The maximum atomic E-state index is 12.7. The quantitative estimate of drug-likeness (QED) is 0.609. The molecule has 1 heterocycles. The number of fused-ring (bicyclic) bond motifs is 1. The zero-order valence-corrected chi connectivity index (χ0v) is 17.6. The van der Waals surface area contributed by atoms with E-state index in [1.807, 2.05) is 0 Å². The Morgan fingerprint density at radius 2 is 1.89 bits per heavy atom. The van der Waals surface area contributed by atoms with E-state index in [2.05, 4.69) is 5.32 Å². The van der Waals surface area contributed by atoms with Gasteiger partial charge in [-0.25, -0.2) is 0 Å². The number of ether oxygens (including phenoxy) is 1. The molecule has 0 spiro atoms. The van der Waals surface area contributed by atoms with Crippen molar-refractivity contribution in [2.75, 3.05) is 30.5 Å². The van der Waals surface area contributed by atoms with Gasteiger partial charge in [0, 0.05) is 44.1 Å². The van der Waals surface area contributed by atoms with E-state index in [0.717, 1.165) is 5.56 Å². The fourth-order valence-corrected chi connectivity index (χ4v) is 3.71. The van der Waals surface area contributed by atoms with E-state index in [1.165, 1.54) is 6.92 Å². The largest absolute Gasteiger partial charge is 0.385 e. The van der Waals surface area contributed by atoms with Gasteiger partial charge < -0.3 is 15.0 Å². The van der Waals surface area contributed by atoms with Crippen LogP contribution < -0.4 is 10.2 Å². The summed E-state index contributed by atoms with van der Waals surface area (Å²) in [5, 5.41) is 14.7. The van der Waals surface area contributed by atoms with Crippen molar-refractivity contribution in [2.24, 2.45) is 5.41 Å². The van der Waals surface area contributed by atoms with Crippen LogP contribution in [0.2, 0.25) is 0 Å². The number of anilines is 2. The molecule has 2 rings (SSSR count). The molecule has 8 heteroatoms. The van der Waals surface area contributed by atoms with Gasteiger partial charge in [-0.1, -0.05) is 20.8 Å². The van der Waals surface area contributed by atoms with Crippen LogP contribution in [0, 0.1) is 29.4 Å². The number of hydrogen-bond acceptors (Lipinski definition) is 5. The van der Waals surface area contributed by atoms with Gasteiger partial charge >= 0.3 is 0 Å². The van der Waals surface area contributed by atoms with E-state index >= 15 is 0 Å². The summed E-state index contributed by atoms with van der Waals surface area (Å²) in [6, 6.07) is 0. The standard InChI is InChI=1S/C20H29N3O5/c1-11-15-14(8-9-28-7)10-22(13(3)24)18(15)16(12(2)17(11)23(26)27)21-19(25)20(4,5)6/h14H,8-10H2,1-7H3,(H,21,25). The summed E-state index contributed by atoms with van der Waals surface area (Å²) in [6.45, 7) is 11.0. The van der Waals surface area contributed by atoms with Crippen LogP contribution in [0.4, 0.5) is 17.1 Å². The number of rotatable bonds is 5. The molecule has 0 radical (unpaired) electrons. The van der Waals surface area contributed by atoms with Gasteiger partial charge in [0.15, 0.2) is 0 Å². The van der Waals surface area contributed by atoms with E-state index < -0.39 is 10.3 Å². The van der Waals surface area contributed by atoms with Crippen molar-refractivity contribution in [3.63, 3.8) is 0 Å². The molecule has 0 saturated heterocycles. The second-order valence-corrected chi connectivity index (χ2v) is 8.31. The van der Waals surface area contributed by atoms with Crippen molar-refractivity contribution < 1.29 is 19.2 Å². The summed E-state index contributed by atoms with van der Waals surface area (Å²) in [4.78, 5) is 38.0. The summed E-state index contributed by atoms with van der Waals surface area (Å²) < 4.78 is 5.19. The van der Waals surface area contributed by atoms with Gasteiger partial charge in [0.2, 0.25) is 11.8 Å². The molecule has 1 aliphatic rings. The first-order valence-electron chi connectivity index (χ1n) is 9.31. The van der Waals surface area contributed by atoms with Crippen molar-refractivity contribution >= 4 is 28.9 Å². The summed E-state index contributed by atoms with van der Waals surface area (Å²) in [6.07, 6.45) is 0.626. The molecule has 28 heavy (non-hydrogen) atoms. The lowest BCUT2D eigenvalue weighted by atomic mass is 9.89. The highest BCUT2D eigenvalue weighted by molar-refractivity contribution is 6.06. The van der Waals surface area contributed by atoms with Gasteiger partial charge in [-0.2, -0.15) is 0 Å². The average molecular weight is 391 g/mol. The Bertz CT molecular complexity index is 826. The molecule has 1 aliphatic heterocycles. The van der Waals surface area contributed by atoms with Crippen molar-refractivity contribution in [1.29, 1.82) is 0 Å². The summed E-state index contributed by atoms with van der Waals surface area (Å²) in [5.74, 6) is -0.525. The Labute approximate surface area is 165 Å². The highest BCUT2D eigenvalue weighted by Gasteiger charge is 2.40. The third-order valence-electron chi connectivity index (χ3n) is 5.22. The minimum atomic E-state index is -0.686. The average Bonchev–Trinajstić information content (AvgIpc) is 2.95. The molecule has 0 bridgehead atoms. The molecule has 1 N–H and O–H groups in total. The molecule has 1 atom stereocenters. The SMILES string of the molecule is COCCC1CN(C(C)=O)c2c(NC(=O)C(C)(C)C)c(C)c([N+](=O)[O-])c(C)c21. The highest BCUT2D eigenvalue weighted by Crippen LogP contribution is 2.50. The second kappa shape index (κ2) is 7.87. The van der Waals surface area contributed by atoms with Crippen molar-refractivity contribution in [1.82, 2.24) is 0 Å². The Hall–Kier alpha value is -2.48. The molecule has 0 aliphatic carbocycles. The minimum Gasteiger partial charge on any atom is -0.385 e. The first-order chi connectivity index (χ1) is 12.9. The molecule has 154 valence electrons. The number of nitrogens with one attached hydrogen (secondary N) is 1. The van der Waals surface area contributed by atoms with E-state index in [9.17, 15) is 19.7 Å². The van der Waals surface area contributed by atoms with Crippen molar-refractivity contribution in [3.05, 3.63) is 26.8 Å². The molecule has 2 amide bonds. The van der Waals surface area contributed by atoms with E-state index in [-0.39, 0.29) is 23.4 Å². The van der Waals surface area contributed by atoms with Gasteiger partial charge in [0.1, 0.15) is 0 Å². The fraction of sp³-hybridized carbons (Fsp3) is 0.600. The van der Waals surface area contributed by atoms with Crippen molar-refractivity contribution in [3.8, 4) is 0 Å². The first-order valence-corrected chi connectivity index (χ1v) is 9.31. The number of methoxy groups -OCH3 is 1. The zero-order valence-electron chi connectivity index (χ0n) is 17.6. The number of hydrogen-bond donors (Lipinski definition) is 1. The Balaban J connectivity index is 2.79. The van der Waals surface area contributed by atoms with Gasteiger partial charge in [0.25, 0.3) is 5.69 Å². The number of nitro groups is 1. The molecular formula is C20H29N3O5. The predicted octanol–water partition coefficient (Wildman–Crippen LogP) is 3.68. The maximum absolute atomic E-state index is 12.7. The second-order valence-electron chi connectivity index (χ2n) is 8.31. The van der Waals surface area contributed by atoms with Crippen molar-refractivity contribution in [2.45, 2.75) is 53.9 Å². The number of amides is 2. The van der Waals surface area contributed by atoms with Crippen LogP contribution in [0.25, 0.3) is 0 Å². The summed E-state index contributed by atoms with van der Waals surface area (Å²) >= 11 is 0. The number of carbonyl (C=O) groups excluding carboxylic acids is 2. The zero-order chi connectivity index (χ0) is 21.4. The number of nitrogens with zero attached hydrogens (tertiary/aromatic N) is 2. The Kier molecular flexibility index (Phi) is 6.13. The molecule has 1 unspecified atom stereocenters. The molecule has 0 aromatic heterocycles. The number of carbonyl (C=O) groups is 2. The van der Waals surface area contributed by atoms with Crippen LogP contribution >= 0.6 is 0 Å². The smallest absolute Gasteiger partial charge is 0.277 e. The minimum absolute atomic E-state index is 0.0178. The third kappa shape index (κ3) is 3.87. The lowest BCUT2D eigenvalue weighted by Gasteiger charge is -2.24. The summed E-state index contributed by atoms with van der Waals surface area (Å²) in [5.41, 5.74) is 1.86. The van der Waals surface area contributed by atoms with Crippen LogP contribution in [0.1, 0.15) is 56.7 Å². The molecule has 0 fully saturated rings. The molecule has 0 saturated carbocycles. The maximum Gasteiger partial charge on any atom is 0.277 e. The lowest BCUT2D eigenvalue weighted by molar-refractivity contribution is -0.386. The van der Waals surface area contributed by atoms with Gasteiger partial charge in [-0.15, -0.1) is 0 Å². The van der Waals surface area contributed by atoms with Gasteiger partial charge in [-0.3, -0.25) is 19.7 Å². The molecular weight excluding hydrogens is 362 g/mol. The van der Waals surface area contributed by atoms with Crippen LogP contribution in [0.3, 0.4) is 0 Å². The van der Waals surface area contributed by atoms with Gasteiger partial charge in [-0.05, 0) is 25.8 Å². The van der Waals surface area contributed by atoms with E-state index in [1.54, 1.807) is 46.6 Å². The number of benzene rings is 1. The van der Waals surface area contributed by atoms with E-state index in [4.69, 9.17) is 4.74 Å². The first kappa shape index (κ1) is 21.8. The highest BCUT2D eigenvalue weighted by atomic mass is 16.6. The molecule has 1 aromatic rings. The van der Waals surface area contributed by atoms with Gasteiger partial charge in [0.05, 0.1) is 21.9 Å². The Morgan fingerprint density at radius 1 is 1.29 bits per heavy atom. The van der Waals surface area contributed by atoms with E-state index in [0.29, 0.717) is 42.1 Å². The Morgan fingerprint density at radius 3 is 2.36 bits per heavy atom. The normalized spacial score (nSPS) is 16.1. The predicted molar refractivity (Wildman–Crippen MR) is 108 cm³/mol. The monoisotopic (exact) mass is 391 g/mol. The van der Waals surface area contributed by atoms with Crippen LogP contribution in [-0.4, -0.2) is 37.0 Å². The summed E-state index contributed by atoms with van der Waals surface area (Å²) in [7, 11) is 1.60.